The van der Waals surface area contributed by atoms with E-state index in [1.165, 1.54) is 16.9 Å². The van der Waals surface area contributed by atoms with E-state index in [0.29, 0.717) is 5.69 Å². The first-order valence-corrected chi connectivity index (χ1v) is 10.0. The van der Waals surface area contributed by atoms with Gasteiger partial charge in [0.15, 0.2) is 11.5 Å². The summed E-state index contributed by atoms with van der Waals surface area (Å²) >= 11 is 1.48. The number of allylic oxidation sites excluding steroid dienone is 1. The van der Waals surface area contributed by atoms with Crippen LogP contribution in [0.1, 0.15) is 27.2 Å². The molecule has 0 bridgehead atoms. The average Bonchev–Trinajstić information content (AvgIpc) is 3.36. The van der Waals surface area contributed by atoms with Crippen LogP contribution >= 0.6 is 11.3 Å². The fourth-order valence-corrected chi connectivity index (χ4v) is 4.23. The van der Waals surface area contributed by atoms with Crippen molar-refractivity contribution >= 4 is 22.8 Å². The zero-order valence-electron chi connectivity index (χ0n) is 15.3. The SMILES string of the molecule is Cc1ccc(-c2nc(C(=O)C=C3NCCc4cc5c(cc43)OCO5)cs2)cc1. The second-order valence-electron chi connectivity index (χ2n) is 6.87. The number of ketones is 1. The van der Waals surface area contributed by atoms with Gasteiger partial charge in [-0.2, -0.15) is 0 Å². The first-order valence-electron chi connectivity index (χ1n) is 9.13. The molecule has 0 saturated carbocycles. The lowest BCUT2D eigenvalue weighted by Gasteiger charge is -2.21. The Bertz CT molecular complexity index is 1100. The summed E-state index contributed by atoms with van der Waals surface area (Å²) in [5.74, 6) is 1.38. The molecule has 3 aromatic rings. The third-order valence-electron chi connectivity index (χ3n) is 4.93. The molecule has 2 aromatic carbocycles. The summed E-state index contributed by atoms with van der Waals surface area (Å²) in [6, 6.07) is 12.1. The average molecular weight is 390 g/mol. The molecular weight excluding hydrogens is 372 g/mol. The number of rotatable bonds is 3. The number of carbonyl (C=O) groups excluding carboxylic acids is 1. The highest BCUT2D eigenvalue weighted by Crippen LogP contribution is 2.38. The van der Waals surface area contributed by atoms with Crippen LogP contribution < -0.4 is 14.8 Å². The first-order chi connectivity index (χ1) is 13.7. The summed E-state index contributed by atoms with van der Waals surface area (Å²) in [6.45, 7) is 3.07. The fraction of sp³-hybridized carbons (Fsp3) is 0.182. The van der Waals surface area contributed by atoms with Crippen LogP contribution in [0.25, 0.3) is 16.3 Å². The molecule has 0 unspecified atom stereocenters. The second-order valence-corrected chi connectivity index (χ2v) is 7.72. The Hall–Kier alpha value is -3.12. The molecule has 2 aliphatic heterocycles. The smallest absolute Gasteiger partial charge is 0.231 e. The molecule has 1 aromatic heterocycles. The van der Waals surface area contributed by atoms with Gasteiger partial charge in [0.2, 0.25) is 12.6 Å². The highest BCUT2D eigenvalue weighted by Gasteiger charge is 2.22. The van der Waals surface area contributed by atoms with Crippen LogP contribution in [0.2, 0.25) is 0 Å². The number of hydrogen-bond acceptors (Lipinski definition) is 6. The normalized spacial score (nSPS) is 16.0. The number of nitrogens with one attached hydrogen (secondary N) is 1. The van der Waals surface area contributed by atoms with Crippen LogP contribution in [0.3, 0.4) is 0 Å². The maximum atomic E-state index is 12.8. The molecule has 5 nitrogen and oxygen atoms in total. The van der Waals surface area contributed by atoms with E-state index in [4.69, 9.17) is 9.47 Å². The van der Waals surface area contributed by atoms with E-state index in [9.17, 15) is 4.79 Å². The maximum Gasteiger partial charge on any atom is 0.231 e. The van der Waals surface area contributed by atoms with Crippen LogP contribution in [-0.2, 0) is 6.42 Å². The van der Waals surface area contributed by atoms with Crippen molar-refractivity contribution in [3.8, 4) is 22.1 Å². The van der Waals surface area contributed by atoms with Crippen molar-refractivity contribution in [1.82, 2.24) is 10.3 Å². The van der Waals surface area contributed by atoms with Crippen molar-refractivity contribution in [2.24, 2.45) is 0 Å². The van der Waals surface area contributed by atoms with Crippen LogP contribution in [0.15, 0.2) is 47.9 Å². The minimum absolute atomic E-state index is 0.109. The number of aromatic nitrogens is 1. The van der Waals surface area contributed by atoms with Gasteiger partial charge in [0, 0.05) is 34.8 Å². The second kappa shape index (κ2) is 6.80. The van der Waals surface area contributed by atoms with Crippen LogP contribution in [0.5, 0.6) is 11.5 Å². The van der Waals surface area contributed by atoms with Gasteiger partial charge in [-0.15, -0.1) is 11.3 Å². The predicted molar refractivity (Wildman–Crippen MR) is 109 cm³/mol. The molecule has 0 spiro atoms. The zero-order chi connectivity index (χ0) is 19.1. The van der Waals surface area contributed by atoms with Gasteiger partial charge in [0.25, 0.3) is 0 Å². The lowest BCUT2D eigenvalue weighted by Crippen LogP contribution is -2.23. The molecule has 0 saturated heterocycles. The summed E-state index contributed by atoms with van der Waals surface area (Å²) in [7, 11) is 0. The Kier molecular flexibility index (Phi) is 4.13. The quantitative estimate of drug-likeness (QED) is 0.536. The Morgan fingerprint density at radius 2 is 1.96 bits per heavy atom. The van der Waals surface area contributed by atoms with Crippen molar-refractivity contribution < 1.29 is 14.3 Å². The van der Waals surface area contributed by atoms with E-state index in [-0.39, 0.29) is 12.6 Å². The Morgan fingerprint density at radius 3 is 2.79 bits per heavy atom. The molecular formula is C22H18N2O3S. The number of aryl methyl sites for hydroxylation is 1. The lowest BCUT2D eigenvalue weighted by molar-refractivity contribution is 0.104. The molecule has 0 atom stereocenters. The van der Waals surface area contributed by atoms with E-state index in [1.807, 2.05) is 48.7 Å². The molecule has 0 fully saturated rings. The summed E-state index contributed by atoms with van der Waals surface area (Å²) in [4.78, 5) is 17.4. The Balaban J connectivity index is 1.45. The number of nitrogens with zero attached hydrogens (tertiary/aromatic N) is 1. The number of benzene rings is 2. The van der Waals surface area contributed by atoms with Gasteiger partial charge in [-0.25, -0.2) is 4.98 Å². The van der Waals surface area contributed by atoms with Crippen molar-refractivity contribution in [3.05, 3.63) is 70.2 Å². The zero-order valence-corrected chi connectivity index (χ0v) is 16.1. The van der Waals surface area contributed by atoms with Crippen LogP contribution in [0.4, 0.5) is 0 Å². The van der Waals surface area contributed by atoms with Gasteiger partial charge >= 0.3 is 0 Å². The molecule has 5 rings (SSSR count). The van der Waals surface area contributed by atoms with E-state index in [1.54, 1.807) is 6.08 Å². The highest BCUT2D eigenvalue weighted by molar-refractivity contribution is 7.13. The Morgan fingerprint density at radius 1 is 1.18 bits per heavy atom. The maximum absolute atomic E-state index is 12.8. The van der Waals surface area contributed by atoms with E-state index in [2.05, 4.69) is 10.3 Å². The van der Waals surface area contributed by atoms with Crippen molar-refractivity contribution in [2.75, 3.05) is 13.3 Å². The lowest BCUT2D eigenvalue weighted by atomic mass is 9.96. The fourth-order valence-electron chi connectivity index (χ4n) is 3.42. The van der Waals surface area contributed by atoms with Gasteiger partial charge in [-0.1, -0.05) is 29.8 Å². The first kappa shape index (κ1) is 17.0. The van der Waals surface area contributed by atoms with Gasteiger partial charge in [-0.05, 0) is 31.0 Å². The molecule has 0 aliphatic carbocycles. The van der Waals surface area contributed by atoms with Gasteiger partial charge in [-0.3, -0.25) is 4.79 Å². The molecule has 3 heterocycles. The van der Waals surface area contributed by atoms with E-state index < -0.39 is 0 Å². The predicted octanol–water partition coefficient (Wildman–Crippen LogP) is 4.22. The molecule has 2 aliphatic rings. The van der Waals surface area contributed by atoms with Crippen molar-refractivity contribution in [1.29, 1.82) is 0 Å². The molecule has 1 N–H and O–H groups in total. The number of thiazole rings is 1. The van der Waals surface area contributed by atoms with Crippen LogP contribution in [0, 0.1) is 6.92 Å². The monoisotopic (exact) mass is 390 g/mol. The summed E-state index contributed by atoms with van der Waals surface area (Å²) in [5.41, 5.74) is 5.62. The van der Waals surface area contributed by atoms with Gasteiger partial charge in [0.05, 0.1) is 0 Å². The van der Waals surface area contributed by atoms with E-state index in [0.717, 1.165) is 51.9 Å². The highest BCUT2D eigenvalue weighted by atomic mass is 32.1. The molecule has 28 heavy (non-hydrogen) atoms. The molecule has 6 heteroatoms. The number of fused-ring (bicyclic) bond motifs is 2. The van der Waals surface area contributed by atoms with Crippen molar-refractivity contribution in [2.45, 2.75) is 13.3 Å². The van der Waals surface area contributed by atoms with Crippen molar-refractivity contribution in [3.63, 3.8) is 0 Å². The van der Waals surface area contributed by atoms with Gasteiger partial charge < -0.3 is 14.8 Å². The summed E-state index contributed by atoms with van der Waals surface area (Å²) in [5, 5.41) is 6.00. The number of ether oxygens (including phenoxy) is 2. The minimum atomic E-state index is -0.109. The minimum Gasteiger partial charge on any atom is -0.454 e. The topological polar surface area (TPSA) is 60.5 Å². The summed E-state index contributed by atoms with van der Waals surface area (Å²) in [6.07, 6.45) is 2.51. The molecule has 140 valence electrons. The standard InChI is InChI=1S/C22H18N2O3S/c1-13-2-4-14(5-3-13)22-24-18(11-28-22)19(25)10-17-16-9-21-20(26-12-27-21)8-15(16)6-7-23-17/h2-5,8-11,23H,6-7,12H2,1H3. The third kappa shape index (κ3) is 3.05. The molecule has 0 radical (unpaired) electrons. The Labute approximate surface area is 166 Å². The molecule has 0 amide bonds. The van der Waals surface area contributed by atoms with Crippen LogP contribution in [-0.4, -0.2) is 24.1 Å². The summed E-state index contributed by atoms with van der Waals surface area (Å²) < 4.78 is 11.0. The largest absolute Gasteiger partial charge is 0.454 e. The van der Waals surface area contributed by atoms with E-state index >= 15 is 0 Å². The number of hydrogen-bond donors (Lipinski definition) is 1. The number of carbonyl (C=O) groups is 1. The van der Waals surface area contributed by atoms with Gasteiger partial charge in [0.1, 0.15) is 10.7 Å². The third-order valence-corrected chi connectivity index (χ3v) is 5.82.